The molecule has 1 aromatic heterocycles. The van der Waals surface area contributed by atoms with Gasteiger partial charge in [-0.1, -0.05) is 19.3 Å². The third kappa shape index (κ3) is 2.59. The normalized spacial score (nSPS) is 32.3. The lowest BCUT2D eigenvalue weighted by Crippen LogP contribution is -2.47. The second-order valence-corrected chi connectivity index (χ2v) is 7.67. The van der Waals surface area contributed by atoms with Crippen molar-refractivity contribution in [1.82, 2.24) is 20.0 Å². The molecule has 0 spiro atoms. The Morgan fingerprint density at radius 2 is 1.92 bits per heavy atom. The molecule has 3 fully saturated rings. The summed E-state index contributed by atoms with van der Waals surface area (Å²) < 4.78 is 35.9. The van der Waals surface area contributed by atoms with E-state index >= 15 is 8.78 Å². The molecule has 0 N–H and O–H groups in total. The van der Waals surface area contributed by atoms with Gasteiger partial charge < -0.3 is 14.2 Å². The summed E-state index contributed by atoms with van der Waals surface area (Å²) in [6, 6.07) is 0. The van der Waals surface area contributed by atoms with Crippen molar-refractivity contribution in [3.63, 3.8) is 0 Å². The van der Waals surface area contributed by atoms with E-state index in [1.165, 1.54) is 4.90 Å². The van der Waals surface area contributed by atoms with Crippen LogP contribution in [0, 0.1) is 12.8 Å². The number of aryl methyl sites for hydroxylation is 1. The molecule has 1 saturated carbocycles. The second-order valence-electron chi connectivity index (χ2n) is 7.67. The number of amides is 2. The van der Waals surface area contributed by atoms with E-state index in [-0.39, 0.29) is 30.8 Å². The maximum Gasteiger partial charge on any atom is 0.266 e. The van der Waals surface area contributed by atoms with Crippen molar-refractivity contribution in [3.05, 3.63) is 11.8 Å². The van der Waals surface area contributed by atoms with Gasteiger partial charge in [0.25, 0.3) is 5.91 Å². The van der Waals surface area contributed by atoms with Gasteiger partial charge in [-0.25, -0.2) is 8.78 Å². The summed E-state index contributed by atoms with van der Waals surface area (Å²) in [6.07, 6.45) is 4.52. The largest absolute Gasteiger partial charge is 0.424 e. The van der Waals surface area contributed by atoms with Gasteiger partial charge in [-0.15, -0.1) is 10.2 Å². The number of rotatable bonds is 3. The summed E-state index contributed by atoms with van der Waals surface area (Å²) in [5.74, 6) is -0.892. The van der Waals surface area contributed by atoms with Crippen molar-refractivity contribution in [2.45, 2.75) is 56.9 Å². The number of likely N-dealkylation sites (tertiary alicyclic amines) is 2. The van der Waals surface area contributed by atoms with Gasteiger partial charge in [0.1, 0.15) is 0 Å². The first kappa shape index (κ1) is 17.4. The molecule has 2 saturated heterocycles. The van der Waals surface area contributed by atoms with Gasteiger partial charge in [-0.3, -0.25) is 9.59 Å². The Balaban J connectivity index is 1.48. The quantitative estimate of drug-likeness (QED) is 0.809. The summed E-state index contributed by atoms with van der Waals surface area (Å²) in [5, 5.41) is 7.42. The molecular weight excluding hydrogens is 346 g/mol. The van der Waals surface area contributed by atoms with E-state index in [0.717, 1.165) is 37.0 Å². The highest BCUT2D eigenvalue weighted by Gasteiger charge is 2.72. The Labute approximate surface area is 149 Å². The molecule has 2 amide bonds. The SMILES string of the molecule is Cc1nnc(CN2C[C@@]3(F)CN(C(=O)C4CCCCC4)C[C@@]3(F)C2=O)o1. The van der Waals surface area contributed by atoms with Crippen LogP contribution >= 0.6 is 0 Å². The van der Waals surface area contributed by atoms with Crippen LogP contribution in [0.5, 0.6) is 0 Å². The van der Waals surface area contributed by atoms with Crippen LogP contribution in [0.3, 0.4) is 0 Å². The highest BCUT2D eigenvalue weighted by molar-refractivity contribution is 5.92. The zero-order valence-electron chi connectivity index (χ0n) is 14.7. The molecule has 0 aromatic carbocycles. The molecule has 142 valence electrons. The van der Waals surface area contributed by atoms with E-state index in [9.17, 15) is 9.59 Å². The molecule has 2 aliphatic heterocycles. The Morgan fingerprint density at radius 3 is 2.54 bits per heavy atom. The Kier molecular flexibility index (Phi) is 4.00. The molecule has 2 atom stereocenters. The van der Waals surface area contributed by atoms with Crippen molar-refractivity contribution in [1.29, 1.82) is 0 Å². The predicted molar refractivity (Wildman–Crippen MR) is 85.3 cm³/mol. The summed E-state index contributed by atoms with van der Waals surface area (Å²) >= 11 is 0. The first-order valence-corrected chi connectivity index (χ1v) is 9.07. The van der Waals surface area contributed by atoms with Crippen molar-refractivity contribution in [2.75, 3.05) is 19.6 Å². The third-order valence-electron chi connectivity index (χ3n) is 5.79. The predicted octanol–water partition coefficient (Wildman–Crippen LogP) is 1.56. The van der Waals surface area contributed by atoms with Gasteiger partial charge >= 0.3 is 0 Å². The van der Waals surface area contributed by atoms with Crippen LogP contribution in [0.4, 0.5) is 8.78 Å². The summed E-state index contributed by atoms with van der Waals surface area (Å²) in [4.78, 5) is 27.5. The number of fused-ring (bicyclic) bond motifs is 1. The van der Waals surface area contributed by atoms with Crippen LogP contribution in [0.25, 0.3) is 0 Å². The average molecular weight is 368 g/mol. The summed E-state index contributed by atoms with van der Waals surface area (Å²) in [5.41, 5.74) is -5.10. The Bertz CT molecular complexity index is 735. The molecule has 26 heavy (non-hydrogen) atoms. The number of aromatic nitrogens is 2. The van der Waals surface area contributed by atoms with Gasteiger partial charge in [0.05, 0.1) is 26.2 Å². The molecule has 7 nitrogen and oxygen atoms in total. The lowest BCUT2D eigenvalue weighted by molar-refractivity contribution is -0.141. The lowest BCUT2D eigenvalue weighted by Gasteiger charge is -2.27. The van der Waals surface area contributed by atoms with E-state index in [2.05, 4.69) is 10.2 Å². The zero-order chi connectivity index (χ0) is 18.5. The first-order valence-electron chi connectivity index (χ1n) is 9.07. The van der Waals surface area contributed by atoms with Crippen molar-refractivity contribution in [2.24, 2.45) is 5.92 Å². The Hall–Kier alpha value is -2.06. The fourth-order valence-electron chi connectivity index (χ4n) is 4.40. The molecule has 4 rings (SSSR count). The van der Waals surface area contributed by atoms with Crippen molar-refractivity contribution in [3.8, 4) is 0 Å². The third-order valence-corrected chi connectivity index (χ3v) is 5.79. The monoisotopic (exact) mass is 368 g/mol. The second kappa shape index (κ2) is 5.99. The smallest absolute Gasteiger partial charge is 0.266 e. The maximum absolute atomic E-state index is 15.4. The summed E-state index contributed by atoms with van der Waals surface area (Å²) in [7, 11) is 0. The molecule has 0 bridgehead atoms. The van der Waals surface area contributed by atoms with Crippen LogP contribution in [0.1, 0.15) is 43.9 Å². The highest BCUT2D eigenvalue weighted by Crippen LogP contribution is 2.46. The fraction of sp³-hybridized carbons (Fsp3) is 0.765. The van der Waals surface area contributed by atoms with E-state index < -0.39 is 30.3 Å². The molecular formula is C17H22F2N4O3. The number of nitrogens with zero attached hydrogens (tertiary/aromatic N) is 4. The number of alkyl halides is 2. The minimum absolute atomic E-state index is 0.131. The van der Waals surface area contributed by atoms with Crippen molar-refractivity contribution < 1.29 is 22.8 Å². The van der Waals surface area contributed by atoms with Gasteiger partial charge in [-0.2, -0.15) is 0 Å². The molecule has 0 unspecified atom stereocenters. The van der Waals surface area contributed by atoms with E-state index in [1.807, 2.05) is 0 Å². The van der Waals surface area contributed by atoms with Crippen LogP contribution in [0.15, 0.2) is 4.42 Å². The van der Waals surface area contributed by atoms with Crippen LogP contribution in [-0.4, -0.2) is 62.8 Å². The number of halogens is 2. The molecule has 1 aromatic rings. The topological polar surface area (TPSA) is 79.5 Å². The van der Waals surface area contributed by atoms with Crippen molar-refractivity contribution >= 4 is 11.8 Å². The van der Waals surface area contributed by atoms with Crippen LogP contribution in [0.2, 0.25) is 0 Å². The van der Waals surface area contributed by atoms with E-state index in [4.69, 9.17) is 4.42 Å². The Morgan fingerprint density at radius 1 is 1.19 bits per heavy atom. The van der Waals surface area contributed by atoms with Gasteiger partial charge in [0, 0.05) is 12.8 Å². The molecule has 9 heteroatoms. The minimum atomic E-state index is -2.70. The first-order chi connectivity index (χ1) is 12.3. The molecule has 0 radical (unpaired) electrons. The van der Waals surface area contributed by atoms with Gasteiger partial charge in [-0.05, 0) is 12.8 Å². The number of hydrogen-bond donors (Lipinski definition) is 0. The highest BCUT2D eigenvalue weighted by atomic mass is 19.2. The molecule has 3 aliphatic rings. The van der Waals surface area contributed by atoms with Crippen LogP contribution in [-0.2, 0) is 16.1 Å². The molecule has 3 heterocycles. The van der Waals surface area contributed by atoms with Gasteiger partial charge in [0.15, 0.2) is 5.67 Å². The standard InChI is InChI=1S/C17H22F2N4O3/c1-11-20-21-13(26-11)7-22-8-16(18)9-23(10-17(16,19)15(22)25)14(24)12-5-3-2-4-6-12/h12H,2-10H2,1H3/t16-,17-/m1/s1. The van der Waals surface area contributed by atoms with Crippen LogP contribution < -0.4 is 0 Å². The average Bonchev–Trinajstić information content (AvgIpc) is 3.20. The lowest BCUT2D eigenvalue weighted by atomic mass is 9.88. The number of hydrogen-bond acceptors (Lipinski definition) is 5. The maximum atomic E-state index is 15.4. The zero-order valence-corrected chi connectivity index (χ0v) is 14.7. The summed E-state index contributed by atoms with van der Waals surface area (Å²) in [6.45, 7) is 0.145. The molecule has 1 aliphatic carbocycles. The minimum Gasteiger partial charge on any atom is -0.424 e. The number of carbonyl (C=O) groups excluding carboxylic acids is 2. The van der Waals surface area contributed by atoms with Gasteiger partial charge in [0.2, 0.25) is 23.4 Å². The number of carbonyl (C=O) groups is 2. The fourth-order valence-corrected chi connectivity index (χ4v) is 4.40. The van der Waals surface area contributed by atoms with E-state index in [1.54, 1.807) is 6.92 Å². The van der Waals surface area contributed by atoms with E-state index in [0.29, 0.717) is 5.89 Å².